The van der Waals surface area contributed by atoms with E-state index in [2.05, 4.69) is 20.6 Å². The van der Waals surface area contributed by atoms with Gasteiger partial charge in [-0.15, -0.1) is 0 Å². The highest BCUT2D eigenvalue weighted by molar-refractivity contribution is 6.03. The third-order valence-electron chi connectivity index (χ3n) is 3.60. The van der Waals surface area contributed by atoms with Crippen LogP contribution in [0.4, 0.5) is 17.3 Å². The lowest BCUT2D eigenvalue weighted by molar-refractivity contribution is 0.0526. The van der Waals surface area contributed by atoms with Gasteiger partial charge in [-0.3, -0.25) is 4.79 Å². The normalized spacial score (nSPS) is 10.1. The number of rotatable bonds is 6. The number of esters is 1. The van der Waals surface area contributed by atoms with Gasteiger partial charge in [0.2, 0.25) is 5.95 Å². The maximum Gasteiger partial charge on any atom is 0.338 e. The molecule has 7 heteroatoms. The van der Waals surface area contributed by atoms with Crippen LogP contribution in [0.3, 0.4) is 0 Å². The van der Waals surface area contributed by atoms with Crippen LogP contribution in [-0.2, 0) is 4.74 Å². The first kappa shape index (κ1) is 18.1. The van der Waals surface area contributed by atoms with Crippen molar-refractivity contribution in [1.82, 2.24) is 9.97 Å². The molecule has 7 nitrogen and oxygen atoms in total. The number of amides is 1. The quantitative estimate of drug-likeness (QED) is 0.650. The van der Waals surface area contributed by atoms with E-state index in [0.717, 1.165) is 0 Å². The molecule has 0 saturated heterocycles. The maximum atomic E-state index is 12.2. The Labute approximate surface area is 156 Å². The molecule has 0 spiro atoms. The molecule has 0 aliphatic rings. The Morgan fingerprint density at radius 1 is 0.889 bits per heavy atom. The zero-order valence-corrected chi connectivity index (χ0v) is 14.7. The molecule has 27 heavy (non-hydrogen) atoms. The van der Waals surface area contributed by atoms with E-state index in [-0.39, 0.29) is 11.9 Å². The first-order valence-electron chi connectivity index (χ1n) is 8.38. The first-order valence-corrected chi connectivity index (χ1v) is 8.38. The van der Waals surface area contributed by atoms with Crippen LogP contribution >= 0.6 is 0 Å². The van der Waals surface area contributed by atoms with Gasteiger partial charge in [0.1, 0.15) is 0 Å². The molecule has 0 radical (unpaired) electrons. The smallest absolute Gasteiger partial charge is 0.338 e. The Morgan fingerprint density at radius 3 is 2.19 bits per heavy atom. The molecule has 0 bridgehead atoms. The third kappa shape index (κ3) is 4.88. The van der Waals surface area contributed by atoms with Gasteiger partial charge in [0, 0.05) is 23.8 Å². The van der Waals surface area contributed by atoms with Crippen molar-refractivity contribution >= 4 is 29.2 Å². The van der Waals surface area contributed by atoms with Crippen LogP contribution in [0.5, 0.6) is 0 Å². The van der Waals surface area contributed by atoms with Gasteiger partial charge in [-0.25, -0.2) is 14.8 Å². The van der Waals surface area contributed by atoms with Gasteiger partial charge in [0.15, 0.2) is 0 Å². The number of hydrogen-bond acceptors (Lipinski definition) is 6. The number of para-hydroxylation sites is 1. The zero-order chi connectivity index (χ0) is 19.1. The molecule has 0 unspecified atom stereocenters. The molecule has 2 N–H and O–H groups in total. The summed E-state index contributed by atoms with van der Waals surface area (Å²) < 4.78 is 4.94. The number of aromatic nitrogens is 2. The highest BCUT2D eigenvalue weighted by atomic mass is 16.5. The van der Waals surface area contributed by atoms with Gasteiger partial charge < -0.3 is 15.4 Å². The minimum Gasteiger partial charge on any atom is -0.462 e. The number of nitrogens with one attached hydrogen (secondary N) is 2. The van der Waals surface area contributed by atoms with Crippen molar-refractivity contribution in [2.45, 2.75) is 6.92 Å². The minimum atomic E-state index is -0.367. The van der Waals surface area contributed by atoms with Crippen LogP contribution in [0.15, 0.2) is 67.0 Å². The first-order chi connectivity index (χ1) is 13.2. The summed E-state index contributed by atoms with van der Waals surface area (Å²) in [5, 5.41) is 5.78. The highest BCUT2D eigenvalue weighted by Gasteiger charge is 2.09. The van der Waals surface area contributed by atoms with Crippen molar-refractivity contribution in [3.05, 3.63) is 78.1 Å². The Kier molecular flexibility index (Phi) is 5.73. The summed E-state index contributed by atoms with van der Waals surface area (Å²) in [5.41, 5.74) is 2.23. The Morgan fingerprint density at radius 2 is 1.56 bits per heavy atom. The van der Waals surface area contributed by atoms with Gasteiger partial charge in [0.05, 0.1) is 17.7 Å². The fraction of sp³-hybridized carbons (Fsp3) is 0.100. The third-order valence-corrected chi connectivity index (χ3v) is 3.60. The maximum absolute atomic E-state index is 12.2. The monoisotopic (exact) mass is 362 g/mol. The number of nitrogens with zero attached hydrogens (tertiary/aromatic N) is 2. The SMILES string of the molecule is CCOC(=O)c1ccc(Nc2ncc(C(=O)Nc3ccccc3)cn2)cc1. The molecule has 0 saturated carbocycles. The second-order valence-electron chi connectivity index (χ2n) is 5.54. The predicted molar refractivity (Wildman–Crippen MR) is 102 cm³/mol. The molecule has 2 aromatic carbocycles. The van der Waals surface area contributed by atoms with E-state index in [0.29, 0.717) is 35.1 Å². The summed E-state index contributed by atoms with van der Waals surface area (Å²) >= 11 is 0. The van der Waals surface area contributed by atoms with Crippen LogP contribution in [-0.4, -0.2) is 28.5 Å². The van der Waals surface area contributed by atoms with Gasteiger partial charge in [0.25, 0.3) is 5.91 Å². The van der Waals surface area contributed by atoms with Crippen LogP contribution in [0.25, 0.3) is 0 Å². The van der Waals surface area contributed by atoms with Crippen molar-refractivity contribution in [2.75, 3.05) is 17.2 Å². The molecule has 1 amide bonds. The Balaban J connectivity index is 1.62. The van der Waals surface area contributed by atoms with Gasteiger partial charge in [-0.2, -0.15) is 0 Å². The summed E-state index contributed by atoms with van der Waals surface area (Å²) in [6.07, 6.45) is 2.89. The van der Waals surface area contributed by atoms with Crippen LogP contribution in [0, 0.1) is 0 Å². The molecule has 136 valence electrons. The fourth-order valence-corrected chi connectivity index (χ4v) is 2.27. The molecular weight excluding hydrogens is 344 g/mol. The van der Waals surface area contributed by atoms with E-state index in [1.807, 2.05) is 18.2 Å². The van der Waals surface area contributed by atoms with Crippen molar-refractivity contribution in [2.24, 2.45) is 0 Å². The van der Waals surface area contributed by atoms with Crippen molar-refractivity contribution in [3.8, 4) is 0 Å². The van der Waals surface area contributed by atoms with E-state index in [1.54, 1.807) is 43.3 Å². The molecule has 3 aromatic rings. The molecule has 0 atom stereocenters. The predicted octanol–water partition coefficient (Wildman–Crippen LogP) is 3.65. The average Bonchev–Trinajstić information content (AvgIpc) is 2.70. The van der Waals surface area contributed by atoms with Gasteiger partial charge in [-0.05, 0) is 43.3 Å². The summed E-state index contributed by atoms with van der Waals surface area (Å²) in [7, 11) is 0. The van der Waals surface area contributed by atoms with Gasteiger partial charge >= 0.3 is 5.97 Å². The molecule has 0 fully saturated rings. The number of anilines is 3. The lowest BCUT2D eigenvalue weighted by atomic mass is 10.2. The number of benzene rings is 2. The Bertz CT molecular complexity index is 910. The summed E-state index contributed by atoms with van der Waals surface area (Å²) in [6, 6.07) is 15.9. The van der Waals surface area contributed by atoms with Crippen molar-refractivity contribution in [3.63, 3.8) is 0 Å². The topological polar surface area (TPSA) is 93.2 Å². The lowest BCUT2D eigenvalue weighted by Gasteiger charge is -2.07. The fourth-order valence-electron chi connectivity index (χ4n) is 2.27. The van der Waals surface area contributed by atoms with E-state index >= 15 is 0 Å². The summed E-state index contributed by atoms with van der Waals surface area (Å²) in [6.45, 7) is 2.09. The van der Waals surface area contributed by atoms with E-state index in [1.165, 1.54) is 12.4 Å². The molecule has 3 rings (SSSR count). The number of carbonyl (C=O) groups excluding carboxylic acids is 2. The van der Waals surface area contributed by atoms with E-state index in [4.69, 9.17) is 4.74 Å². The van der Waals surface area contributed by atoms with Crippen molar-refractivity contribution < 1.29 is 14.3 Å². The lowest BCUT2D eigenvalue weighted by Crippen LogP contribution is -2.13. The summed E-state index contributed by atoms with van der Waals surface area (Å²) in [4.78, 5) is 32.1. The highest BCUT2D eigenvalue weighted by Crippen LogP contribution is 2.15. The number of hydrogen-bond donors (Lipinski definition) is 2. The Hall–Kier alpha value is -3.74. The second kappa shape index (κ2) is 8.57. The van der Waals surface area contributed by atoms with Crippen LogP contribution in [0.2, 0.25) is 0 Å². The van der Waals surface area contributed by atoms with Crippen molar-refractivity contribution in [1.29, 1.82) is 0 Å². The molecular formula is C20H18N4O3. The second-order valence-corrected chi connectivity index (χ2v) is 5.54. The number of carbonyl (C=O) groups is 2. The van der Waals surface area contributed by atoms with Crippen LogP contribution < -0.4 is 10.6 Å². The van der Waals surface area contributed by atoms with E-state index in [9.17, 15) is 9.59 Å². The standard InChI is InChI=1S/C20H18N4O3/c1-2-27-19(26)14-8-10-17(11-9-14)24-20-21-12-15(13-22-20)18(25)23-16-6-4-3-5-7-16/h3-13H,2H2,1H3,(H,23,25)(H,21,22,24). The molecule has 0 aliphatic carbocycles. The number of ether oxygens (including phenoxy) is 1. The van der Waals surface area contributed by atoms with Gasteiger partial charge in [-0.1, -0.05) is 18.2 Å². The average molecular weight is 362 g/mol. The minimum absolute atomic E-state index is 0.286. The summed E-state index contributed by atoms with van der Waals surface area (Å²) in [5.74, 6) is -0.309. The molecule has 1 heterocycles. The zero-order valence-electron chi connectivity index (χ0n) is 14.7. The molecule has 0 aliphatic heterocycles. The van der Waals surface area contributed by atoms with Crippen LogP contribution in [0.1, 0.15) is 27.6 Å². The largest absolute Gasteiger partial charge is 0.462 e. The van der Waals surface area contributed by atoms with E-state index < -0.39 is 0 Å². The molecule has 1 aromatic heterocycles.